The number of rotatable bonds is 2. The number of imide groups is 2. The van der Waals surface area contributed by atoms with E-state index < -0.39 is 24.3 Å². The van der Waals surface area contributed by atoms with Crippen LogP contribution in [0.25, 0.3) is 0 Å². The van der Waals surface area contributed by atoms with Crippen LogP contribution in [0.5, 0.6) is 0 Å². The highest BCUT2D eigenvalue weighted by Crippen LogP contribution is 2.15. The molecule has 1 aromatic carbocycles. The SMILES string of the molecule is Nc1ccc(N=NN2C(=O)CC(=O)NC2=O)cc1. The summed E-state index contributed by atoms with van der Waals surface area (Å²) in [6.07, 6.45) is -0.424. The maximum atomic E-state index is 11.4. The average molecular weight is 247 g/mol. The van der Waals surface area contributed by atoms with Gasteiger partial charge in [0.25, 0.3) is 5.91 Å². The third-order valence-corrected chi connectivity index (χ3v) is 2.13. The van der Waals surface area contributed by atoms with Gasteiger partial charge < -0.3 is 5.73 Å². The van der Waals surface area contributed by atoms with Crippen LogP contribution in [0.3, 0.4) is 0 Å². The predicted octanol–water partition coefficient (Wildman–Crippen LogP) is 0.736. The minimum Gasteiger partial charge on any atom is -0.399 e. The molecule has 92 valence electrons. The zero-order valence-corrected chi connectivity index (χ0v) is 9.16. The number of anilines is 1. The quantitative estimate of drug-likeness (QED) is 0.455. The van der Waals surface area contributed by atoms with Crippen LogP contribution in [0.15, 0.2) is 34.6 Å². The van der Waals surface area contributed by atoms with Gasteiger partial charge in [0, 0.05) is 5.69 Å². The third-order valence-electron chi connectivity index (χ3n) is 2.13. The summed E-state index contributed by atoms with van der Waals surface area (Å²) in [7, 11) is 0. The highest BCUT2D eigenvalue weighted by atomic mass is 16.2. The largest absolute Gasteiger partial charge is 0.399 e. The highest BCUT2D eigenvalue weighted by Gasteiger charge is 2.31. The second-order valence-corrected chi connectivity index (χ2v) is 3.52. The molecule has 0 unspecified atom stereocenters. The molecule has 0 aromatic heterocycles. The first-order valence-electron chi connectivity index (χ1n) is 5.00. The monoisotopic (exact) mass is 247 g/mol. The second-order valence-electron chi connectivity index (χ2n) is 3.52. The third kappa shape index (κ3) is 2.48. The highest BCUT2D eigenvalue weighted by molar-refractivity contribution is 6.13. The molecular weight excluding hydrogens is 238 g/mol. The van der Waals surface area contributed by atoms with Gasteiger partial charge >= 0.3 is 6.03 Å². The zero-order valence-electron chi connectivity index (χ0n) is 9.16. The van der Waals surface area contributed by atoms with Crippen molar-refractivity contribution in [3.05, 3.63) is 24.3 Å². The molecule has 0 aliphatic carbocycles. The molecule has 0 bridgehead atoms. The van der Waals surface area contributed by atoms with Gasteiger partial charge in [-0.3, -0.25) is 14.9 Å². The lowest BCUT2D eigenvalue weighted by Gasteiger charge is -2.18. The predicted molar refractivity (Wildman–Crippen MR) is 60.4 cm³/mol. The Balaban J connectivity index is 2.13. The molecule has 18 heavy (non-hydrogen) atoms. The van der Waals surface area contributed by atoms with E-state index in [4.69, 9.17) is 5.73 Å². The van der Waals surface area contributed by atoms with Crippen LogP contribution in [0.4, 0.5) is 16.2 Å². The summed E-state index contributed by atoms with van der Waals surface area (Å²) < 4.78 is 0. The first-order chi connectivity index (χ1) is 8.56. The lowest BCUT2D eigenvalue weighted by atomic mass is 10.3. The minimum absolute atomic E-state index is 0.424. The number of carbonyl (C=O) groups is 3. The van der Waals surface area contributed by atoms with Gasteiger partial charge in [0.05, 0.1) is 5.69 Å². The molecule has 0 saturated carbocycles. The van der Waals surface area contributed by atoms with Crippen molar-refractivity contribution < 1.29 is 14.4 Å². The number of benzene rings is 1. The summed E-state index contributed by atoms with van der Waals surface area (Å²) in [5.74, 6) is -1.37. The van der Waals surface area contributed by atoms with Crippen LogP contribution in [0.2, 0.25) is 0 Å². The topological polar surface area (TPSA) is 117 Å². The van der Waals surface area contributed by atoms with Crippen molar-refractivity contribution in [2.75, 3.05) is 5.73 Å². The molecule has 0 radical (unpaired) electrons. The van der Waals surface area contributed by atoms with E-state index in [1.54, 1.807) is 24.3 Å². The number of nitrogen functional groups attached to an aromatic ring is 1. The minimum atomic E-state index is -0.907. The first kappa shape index (κ1) is 11.7. The van der Waals surface area contributed by atoms with Crippen molar-refractivity contribution >= 4 is 29.2 Å². The van der Waals surface area contributed by atoms with E-state index in [-0.39, 0.29) is 0 Å². The Morgan fingerprint density at radius 2 is 1.83 bits per heavy atom. The van der Waals surface area contributed by atoms with E-state index >= 15 is 0 Å². The van der Waals surface area contributed by atoms with Crippen LogP contribution in [0.1, 0.15) is 6.42 Å². The van der Waals surface area contributed by atoms with Crippen molar-refractivity contribution in [1.29, 1.82) is 0 Å². The number of nitrogens with two attached hydrogens (primary N) is 1. The van der Waals surface area contributed by atoms with Gasteiger partial charge in [0.15, 0.2) is 0 Å². The molecule has 1 aliphatic rings. The molecule has 1 aromatic rings. The van der Waals surface area contributed by atoms with E-state index in [9.17, 15) is 14.4 Å². The molecule has 1 aliphatic heterocycles. The van der Waals surface area contributed by atoms with Gasteiger partial charge in [-0.1, -0.05) is 5.22 Å². The molecule has 8 heteroatoms. The molecule has 1 saturated heterocycles. The van der Waals surface area contributed by atoms with Crippen LogP contribution in [0, 0.1) is 0 Å². The van der Waals surface area contributed by atoms with Gasteiger partial charge in [-0.2, -0.15) is 0 Å². The number of hydrogen-bond donors (Lipinski definition) is 2. The standard InChI is InChI=1S/C10H9N5O3/c11-6-1-3-7(4-2-6)13-14-15-9(17)5-8(16)12-10(15)18/h1-4H,5,11H2,(H,12,16,18). The Morgan fingerprint density at radius 1 is 1.17 bits per heavy atom. The zero-order chi connectivity index (χ0) is 13.1. The first-order valence-corrected chi connectivity index (χ1v) is 5.00. The fourth-order valence-corrected chi connectivity index (χ4v) is 1.27. The summed E-state index contributed by atoms with van der Waals surface area (Å²) in [6.45, 7) is 0. The van der Waals surface area contributed by atoms with E-state index in [0.717, 1.165) is 0 Å². The molecule has 8 nitrogen and oxygen atoms in total. The van der Waals surface area contributed by atoms with Crippen molar-refractivity contribution in [2.45, 2.75) is 6.42 Å². The molecular formula is C10H9N5O3. The smallest absolute Gasteiger partial charge is 0.353 e. The number of hydrogen-bond acceptors (Lipinski definition) is 6. The normalized spacial score (nSPS) is 16.2. The van der Waals surface area contributed by atoms with E-state index in [1.807, 2.05) is 5.32 Å². The number of nitrogens with zero attached hydrogens (tertiary/aromatic N) is 3. The summed E-state index contributed by atoms with van der Waals surface area (Å²) in [4.78, 5) is 33.5. The fraction of sp³-hybridized carbons (Fsp3) is 0.100. The van der Waals surface area contributed by atoms with Crippen LogP contribution >= 0.6 is 0 Å². The van der Waals surface area contributed by atoms with E-state index in [0.29, 0.717) is 16.4 Å². The number of urea groups is 1. The van der Waals surface area contributed by atoms with Gasteiger partial charge in [0.2, 0.25) is 5.91 Å². The number of nitrogens with one attached hydrogen (secondary N) is 1. The Bertz CT molecular complexity index is 517. The van der Waals surface area contributed by atoms with Crippen LogP contribution in [-0.2, 0) is 9.59 Å². The summed E-state index contributed by atoms with van der Waals surface area (Å²) in [5, 5.41) is 9.65. The van der Waals surface area contributed by atoms with Crippen molar-refractivity contribution in [3.8, 4) is 0 Å². The van der Waals surface area contributed by atoms with Crippen molar-refractivity contribution in [1.82, 2.24) is 10.3 Å². The van der Waals surface area contributed by atoms with E-state index in [2.05, 4.69) is 10.3 Å². The Hall–Kier alpha value is -2.77. The maximum absolute atomic E-state index is 11.4. The molecule has 0 atom stereocenters. The maximum Gasteiger partial charge on any atom is 0.353 e. The lowest BCUT2D eigenvalue weighted by molar-refractivity contribution is -0.136. The number of amides is 4. The number of barbiturate groups is 1. The Morgan fingerprint density at radius 3 is 2.44 bits per heavy atom. The Labute approximate surface area is 101 Å². The summed E-state index contributed by atoms with van der Waals surface area (Å²) in [5.41, 5.74) is 6.48. The van der Waals surface area contributed by atoms with Crippen molar-refractivity contribution in [3.63, 3.8) is 0 Å². The Kier molecular flexibility index (Phi) is 3.00. The average Bonchev–Trinajstić information content (AvgIpc) is 2.30. The molecule has 1 heterocycles. The van der Waals surface area contributed by atoms with Crippen LogP contribution < -0.4 is 11.1 Å². The molecule has 2 rings (SSSR count). The van der Waals surface area contributed by atoms with Gasteiger partial charge in [-0.15, -0.1) is 10.1 Å². The molecule has 1 fully saturated rings. The lowest BCUT2D eigenvalue weighted by Crippen LogP contribution is -2.49. The molecule has 4 amide bonds. The summed E-state index contributed by atoms with van der Waals surface area (Å²) >= 11 is 0. The molecule has 3 N–H and O–H groups in total. The fourth-order valence-electron chi connectivity index (χ4n) is 1.27. The number of carbonyl (C=O) groups excluding carboxylic acids is 3. The summed E-state index contributed by atoms with van der Waals surface area (Å²) in [6, 6.07) is 5.47. The van der Waals surface area contributed by atoms with Gasteiger partial charge in [-0.05, 0) is 24.3 Å². The van der Waals surface area contributed by atoms with Crippen molar-refractivity contribution in [2.24, 2.45) is 10.3 Å². The molecule has 0 spiro atoms. The second kappa shape index (κ2) is 4.62. The van der Waals surface area contributed by atoms with Gasteiger partial charge in [-0.25, -0.2) is 4.79 Å². The van der Waals surface area contributed by atoms with Crippen LogP contribution in [-0.4, -0.2) is 22.9 Å². The van der Waals surface area contributed by atoms with Gasteiger partial charge in [0.1, 0.15) is 6.42 Å². The van der Waals surface area contributed by atoms with E-state index in [1.165, 1.54) is 0 Å².